The van der Waals surface area contributed by atoms with Gasteiger partial charge in [0.1, 0.15) is 12.4 Å². The average Bonchev–Trinajstić information content (AvgIpc) is 2.79. The Morgan fingerprint density at radius 3 is 2.60 bits per heavy atom. The summed E-state index contributed by atoms with van der Waals surface area (Å²) in [6, 6.07) is 15.8. The van der Waals surface area contributed by atoms with Crippen LogP contribution >= 0.6 is 11.6 Å². The number of unbranched alkanes of at least 4 members (excludes halogenated alkanes) is 1. The number of carbonyl (C=O) groups is 1. The maximum absolute atomic E-state index is 12.4. The Morgan fingerprint density at radius 2 is 1.77 bits per heavy atom. The summed E-state index contributed by atoms with van der Waals surface area (Å²) in [7, 11) is 0. The maximum Gasteiger partial charge on any atom is 0.250 e. The molecule has 1 amide bonds. The summed E-state index contributed by atoms with van der Waals surface area (Å²) in [6.07, 6.45) is 3.97. The zero-order chi connectivity index (χ0) is 20.8. The maximum atomic E-state index is 12.4. The molecule has 0 aromatic heterocycles. The van der Waals surface area contributed by atoms with E-state index in [1.807, 2.05) is 48.5 Å². The first-order chi connectivity index (χ1) is 14.7. The molecule has 5 nitrogen and oxygen atoms in total. The highest BCUT2D eigenvalue weighted by atomic mass is 35.5. The number of ether oxygens (including phenoxy) is 1. The zero-order valence-electron chi connectivity index (χ0n) is 17.1. The number of amides is 1. The second-order valence-corrected chi connectivity index (χ2v) is 8.15. The summed E-state index contributed by atoms with van der Waals surface area (Å²) in [5, 5.41) is 3.85. The number of para-hydroxylation sites is 2. The summed E-state index contributed by atoms with van der Waals surface area (Å²) >= 11 is 6.32. The van der Waals surface area contributed by atoms with Crippen LogP contribution in [0.3, 0.4) is 0 Å². The number of hydrogen-bond acceptors (Lipinski definition) is 4. The number of benzene rings is 2. The highest BCUT2D eigenvalue weighted by Crippen LogP contribution is 2.26. The summed E-state index contributed by atoms with van der Waals surface area (Å²) in [6.45, 7) is 6.16. The Balaban J connectivity index is 1.13. The summed E-state index contributed by atoms with van der Waals surface area (Å²) in [5.74, 6) is 0.807. The van der Waals surface area contributed by atoms with Gasteiger partial charge in [-0.05, 0) is 43.7 Å². The largest absolute Gasteiger partial charge is 0.488 e. The van der Waals surface area contributed by atoms with Crippen molar-refractivity contribution in [2.24, 2.45) is 0 Å². The second-order valence-electron chi connectivity index (χ2n) is 7.74. The number of rotatable bonds is 7. The number of anilines is 1. The molecule has 2 heterocycles. The third-order valence-electron chi connectivity index (χ3n) is 5.68. The number of nitrogens with zero attached hydrogens (tertiary/aromatic N) is 2. The van der Waals surface area contributed by atoms with E-state index in [0.29, 0.717) is 18.7 Å². The lowest BCUT2D eigenvalue weighted by Gasteiger charge is -2.36. The molecule has 1 fully saturated rings. The van der Waals surface area contributed by atoms with Crippen molar-refractivity contribution in [3.05, 3.63) is 64.7 Å². The van der Waals surface area contributed by atoms with Gasteiger partial charge in [-0.2, -0.15) is 0 Å². The molecule has 0 radical (unpaired) electrons. The molecule has 2 aromatic rings. The van der Waals surface area contributed by atoms with Crippen LogP contribution in [0.5, 0.6) is 5.75 Å². The second kappa shape index (κ2) is 10.0. The van der Waals surface area contributed by atoms with Crippen molar-refractivity contribution in [3.63, 3.8) is 0 Å². The molecule has 0 atom stereocenters. The molecule has 4 rings (SSSR count). The van der Waals surface area contributed by atoms with Crippen molar-refractivity contribution in [1.29, 1.82) is 0 Å². The van der Waals surface area contributed by atoms with Gasteiger partial charge in [0.15, 0.2) is 0 Å². The van der Waals surface area contributed by atoms with E-state index in [1.165, 1.54) is 0 Å². The van der Waals surface area contributed by atoms with Crippen molar-refractivity contribution >= 4 is 29.3 Å². The molecule has 0 saturated carbocycles. The molecule has 2 aliphatic rings. The van der Waals surface area contributed by atoms with Gasteiger partial charge < -0.3 is 15.0 Å². The van der Waals surface area contributed by atoms with Gasteiger partial charge in [-0.15, -0.1) is 0 Å². The van der Waals surface area contributed by atoms with Gasteiger partial charge in [0.25, 0.3) is 5.91 Å². The topological polar surface area (TPSA) is 44.8 Å². The molecule has 158 valence electrons. The minimum atomic E-state index is -0.0298. The van der Waals surface area contributed by atoms with Crippen molar-refractivity contribution in [3.8, 4) is 5.75 Å². The molecule has 0 aliphatic carbocycles. The highest BCUT2D eigenvalue weighted by molar-refractivity contribution is 6.33. The lowest BCUT2D eigenvalue weighted by Crippen LogP contribution is -2.46. The average molecular weight is 426 g/mol. The molecule has 1 N–H and O–H groups in total. The quantitative estimate of drug-likeness (QED) is 0.685. The molecule has 0 bridgehead atoms. The van der Waals surface area contributed by atoms with E-state index in [2.05, 4.69) is 21.2 Å². The Kier molecular flexibility index (Phi) is 6.92. The van der Waals surface area contributed by atoms with Crippen LogP contribution in [0, 0.1) is 0 Å². The van der Waals surface area contributed by atoms with Crippen LogP contribution in [-0.4, -0.2) is 56.7 Å². The van der Waals surface area contributed by atoms with Crippen LogP contribution < -0.4 is 15.0 Å². The molecular formula is C24H28ClN3O2. The van der Waals surface area contributed by atoms with Crippen molar-refractivity contribution < 1.29 is 9.53 Å². The van der Waals surface area contributed by atoms with E-state index >= 15 is 0 Å². The lowest BCUT2D eigenvalue weighted by atomic mass is 10.1. The number of halogens is 1. The van der Waals surface area contributed by atoms with Crippen LogP contribution in [0.4, 0.5) is 5.69 Å². The van der Waals surface area contributed by atoms with Crippen molar-refractivity contribution in [2.75, 3.05) is 50.8 Å². The van der Waals surface area contributed by atoms with Crippen LogP contribution in [0.1, 0.15) is 18.4 Å². The van der Waals surface area contributed by atoms with E-state index in [-0.39, 0.29) is 5.91 Å². The minimum absolute atomic E-state index is 0.0298. The number of hydrogen-bond donors (Lipinski definition) is 1. The Hall–Kier alpha value is -2.50. The Morgan fingerprint density at radius 1 is 1.00 bits per heavy atom. The fraction of sp³-hybridized carbons (Fsp3) is 0.375. The predicted molar refractivity (Wildman–Crippen MR) is 122 cm³/mol. The van der Waals surface area contributed by atoms with Crippen molar-refractivity contribution in [1.82, 2.24) is 10.2 Å². The van der Waals surface area contributed by atoms with Gasteiger partial charge in [0.2, 0.25) is 0 Å². The van der Waals surface area contributed by atoms with E-state index in [9.17, 15) is 4.79 Å². The zero-order valence-corrected chi connectivity index (χ0v) is 17.9. The monoisotopic (exact) mass is 425 g/mol. The summed E-state index contributed by atoms with van der Waals surface area (Å²) < 4.78 is 5.66. The smallest absolute Gasteiger partial charge is 0.250 e. The molecule has 0 unspecified atom stereocenters. The van der Waals surface area contributed by atoms with Gasteiger partial charge >= 0.3 is 0 Å². The molecule has 2 aromatic carbocycles. The highest BCUT2D eigenvalue weighted by Gasteiger charge is 2.19. The minimum Gasteiger partial charge on any atom is -0.488 e. The van der Waals surface area contributed by atoms with Crippen LogP contribution in [0.2, 0.25) is 5.02 Å². The molecule has 0 spiro atoms. The van der Waals surface area contributed by atoms with Gasteiger partial charge in [-0.3, -0.25) is 9.69 Å². The number of nitrogens with one attached hydrogen (secondary N) is 1. The molecule has 1 saturated heterocycles. The summed E-state index contributed by atoms with van der Waals surface area (Å²) in [4.78, 5) is 17.2. The standard InChI is InChI=1S/C24H28ClN3O2/c25-21-8-2-3-9-22(21)28-15-13-27(14-16-28)12-6-5-11-26-24(29)20-17-19-7-1-4-10-23(19)30-18-20/h1-4,7-10,17H,5-6,11-16,18H2,(H,26,29). The first-order valence-corrected chi connectivity index (χ1v) is 11.0. The molecule has 2 aliphatic heterocycles. The van der Waals surface area contributed by atoms with E-state index in [1.54, 1.807) is 0 Å². The van der Waals surface area contributed by atoms with Crippen LogP contribution in [0.15, 0.2) is 54.1 Å². The van der Waals surface area contributed by atoms with Crippen LogP contribution in [0.25, 0.3) is 6.08 Å². The first kappa shape index (κ1) is 20.8. The van der Waals surface area contributed by atoms with E-state index < -0.39 is 0 Å². The normalized spacial score (nSPS) is 16.4. The first-order valence-electron chi connectivity index (χ1n) is 10.6. The van der Waals surface area contributed by atoms with Gasteiger partial charge in [-0.25, -0.2) is 0 Å². The fourth-order valence-electron chi connectivity index (χ4n) is 3.94. The lowest BCUT2D eigenvalue weighted by molar-refractivity contribution is -0.117. The third kappa shape index (κ3) is 5.15. The van der Waals surface area contributed by atoms with Crippen LogP contribution in [-0.2, 0) is 4.79 Å². The fourth-order valence-corrected chi connectivity index (χ4v) is 4.20. The third-order valence-corrected chi connectivity index (χ3v) is 6.00. The van der Waals surface area contributed by atoms with Gasteiger partial charge in [0.05, 0.1) is 16.3 Å². The van der Waals surface area contributed by atoms with Crippen molar-refractivity contribution in [2.45, 2.75) is 12.8 Å². The molecule has 6 heteroatoms. The van der Waals surface area contributed by atoms with Gasteiger partial charge in [0, 0.05) is 38.3 Å². The van der Waals surface area contributed by atoms with E-state index in [0.717, 1.165) is 67.6 Å². The Bertz CT molecular complexity index is 907. The molecular weight excluding hydrogens is 398 g/mol. The number of carbonyl (C=O) groups excluding carboxylic acids is 1. The van der Waals surface area contributed by atoms with Gasteiger partial charge in [-0.1, -0.05) is 41.9 Å². The molecule has 30 heavy (non-hydrogen) atoms. The van der Waals surface area contributed by atoms with E-state index in [4.69, 9.17) is 16.3 Å². The Labute approximate surface area is 183 Å². The number of piperazine rings is 1. The summed E-state index contributed by atoms with van der Waals surface area (Å²) in [5.41, 5.74) is 2.78. The SMILES string of the molecule is O=C(NCCCCN1CCN(c2ccccc2Cl)CC1)C1=Cc2ccccc2OC1. The predicted octanol–water partition coefficient (Wildman–Crippen LogP) is 3.83. The number of fused-ring (bicyclic) bond motifs is 1.